The number of aliphatic imine (C=N–C) groups is 1. The first kappa shape index (κ1) is 6.71. The summed E-state index contributed by atoms with van der Waals surface area (Å²) >= 11 is 11.0. The first-order valence-corrected chi connectivity index (χ1v) is 3.11. The molecule has 0 saturated carbocycles. The molecule has 0 saturated heterocycles. The Bertz CT molecular complexity index is 175. The highest BCUT2D eigenvalue weighted by atomic mass is 35.5. The highest BCUT2D eigenvalue weighted by Gasteiger charge is 2.08. The van der Waals surface area contributed by atoms with Gasteiger partial charge in [0.2, 0.25) is 0 Å². The molecule has 1 unspecified atom stereocenters. The number of alkyl halides is 1. The van der Waals surface area contributed by atoms with Crippen LogP contribution in [0.3, 0.4) is 0 Å². The van der Waals surface area contributed by atoms with Gasteiger partial charge in [-0.2, -0.15) is 0 Å². The number of rotatable bonds is 0. The first-order valence-electron chi connectivity index (χ1n) is 2.29. The second-order valence-electron chi connectivity index (χ2n) is 1.52. The van der Waals surface area contributed by atoms with E-state index in [9.17, 15) is 0 Å². The summed E-state index contributed by atoms with van der Waals surface area (Å²) < 4.78 is 0. The molecule has 0 aromatic carbocycles. The molecule has 1 atom stereocenters. The molecule has 0 aromatic heterocycles. The van der Waals surface area contributed by atoms with Crippen LogP contribution >= 0.6 is 23.2 Å². The number of nitrogens with two attached hydrogens (primary N) is 1. The molecule has 5 heteroatoms. The Morgan fingerprint density at radius 2 is 2.44 bits per heavy atom. The molecule has 0 fully saturated rings. The first-order chi connectivity index (χ1) is 4.20. The SMILES string of the molecule is NC1=CNC(Cl)N=C1Cl. The van der Waals surface area contributed by atoms with E-state index in [4.69, 9.17) is 28.9 Å². The van der Waals surface area contributed by atoms with E-state index in [2.05, 4.69) is 10.3 Å². The van der Waals surface area contributed by atoms with Crippen LogP contribution in [-0.4, -0.2) is 10.8 Å². The Balaban J connectivity index is 2.75. The molecule has 50 valence electrons. The third-order valence-electron chi connectivity index (χ3n) is 0.841. The van der Waals surface area contributed by atoms with Gasteiger partial charge in [-0.15, -0.1) is 0 Å². The molecular formula is C4H5Cl2N3. The summed E-state index contributed by atoms with van der Waals surface area (Å²) in [4.78, 5) is 3.71. The molecule has 0 aliphatic carbocycles. The van der Waals surface area contributed by atoms with Gasteiger partial charge in [0.15, 0.2) is 10.8 Å². The molecule has 3 nitrogen and oxygen atoms in total. The van der Waals surface area contributed by atoms with Crippen molar-refractivity contribution in [1.29, 1.82) is 0 Å². The number of nitrogens with one attached hydrogen (secondary N) is 1. The zero-order chi connectivity index (χ0) is 6.85. The molecule has 0 aromatic rings. The van der Waals surface area contributed by atoms with Crippen molar-refractivity contribution in [2.24, 2.45) is 10.7 Å². The lowest BCUT2D eigenvalue weighted by molar-refractivity contribution is 0.794. The van der Waals surface area contributed by atoms with E-state index in [1.165, 1.54) is 6.20 Å². The molecule has 1 aliphatic heterocycles. The highest BCUT2D eigenvalue weighted by molar-refractivity contribution is 6.69. The molecule has 9 heavy (non-hydrogen) atoms. The molecule has 3 N–H and O–H groups in total. The predicted molar refractivity (Wildman–Crippen MR) is 38.3 cm³/mol. The van der Waals surface area contributed by atoms with E-state index >= 15 is 0 Å². The van der Waals surface area contributed by atoms with Crippen molar-refractivity contribution in [3.63, 3.8) is 0 Å². The smallest absolute Gasteiger partial charge is 0.196 e. The fraction of sp³-hybridized carbons (Fsp3) is 0.250. The van der Waals surface area contributed by atoms with Crippen LogP contribution in [-0.2, 0) is 0 Å². The van der Waals surface area contributed by atoms with E-state index in [1.807, 2.05) is 0 Å². The second kappa shape index (κ2) is 2.45. The highest BCUT2D eigenvalue weighted by Crippen LogP contribution is 2.05. The minimum atomic E-state index is -0.482. The Morgan fingerprint density at radius 3 is 2.89 bits per heavy atom. The van der Waals surface area contributed by atoms with Gasteiger partial charge in [0.25, 0.3) is 0 Å². The summed E-state index contributed by atoms with van der Waals surface area (Å²) in [5.41, 5.74) is 5.25. The van der Waals surface area contributed by atoms with Crippen LogP contribution in [0.5, 0.6) is 0 Å². The number of nitrogens with zero attached hydrogens (tertiary/aromatic N) is 1. The summed E-state index contributed by atoms with van der Waals surface area (Å²) in [6.07, 6.45) is 1.52. The quantitative estimate of drug-likeness (QED) is 0.407. The molecule has 1 aliphatic rings. The average Bonchev–Trinajstić information content (AvgIpc) is 1.80. The van der Waals surface area contributed by atoms with Crippen molar-refractivity contribution in [1.82, 2.24) is 5.32 Å². The van der Waals surface area contributed by atoms with Gasteiger partial charge in [-0.1, -0.05) is 23.2 Å². The molecule has 0 spiro atoms. The number of halogens is 2. The topological polar surface area (TPSA) is 50.4 Å². The summed E-state index contributed by atoms with van der Waals surface area (Å²) in [6, 6.07) is 0. The molecule has 0 amide bonds. The van der Waals surface area contributed by atoms with Gasteiger partial charge in [-0.05, 0) is 0 Å². The van der Waals surface area contributed by atoms with E-state index in [1.54, 1.807) is 0 Å². The molecule has 0 bridgehead atoms. The maximum Gasteiger partial charge on any atom is 0.196 e. The lowest BCUT2D eigenvalue weighted by atomic mass is 10.5. The monoisotopic (exact) mass is 165 g/mol. The maximum absolute atomic E-state index is 5.49. The number of allylic oxidation sites excluding steroid dienone is 1. The van der Waals surface area contributed by atoms with Crippen LogP contribution in [0.4, 0.5) is 0 Å². The largest absolute Gasteiger partial charge is 0.395 e. The minimum absolute atomic E-state index is 0.258. The van der Waals surface area contributed by atoms with Gasteiger partial charge < -0.3 is 11.1 Å². The van der Waals surface area contributed by atoms with Gasteiger partial charge >= 0.3 is 0 Å². The summed E-state index contributed by atoms with van der Waals surface area (Å²) in [5, 5.41) is 2.93. The lowest BCUT2D eigenvalue weighted by Crippen LogP contribution is -2.25. The fourth-order valence-electron chi connectivity index (χ4n) is 0.429. The van der Waals surface area contributed by atoms with Crippen molar-refractivity contribution in [2.45, 2.75) is 5.62 Å². The Hall–Kier alpha value is -0.410. The van der Waals surface area contributed by atoms with E-state index in [0.717, 1.165) is 0 Å². The third-order valence-corrected chi connectivity index (χ3v) is 1.38. The van der Waals surface area contributed by atoms with Crippen LogP contribution in [0.25, 0.3) is 0 Å². The zero-order valence-electron chi connectivity index (χ0n) is 4.44. The Morgan fingerprint density at radius 1 is 1.78 bits per heavy atom. The van der Waals surface area contributed by atoms with Crippen molar-refractivity contribution < 1.29 is 0 Å². The van der Waals surface area contributed by atoms with Crippen molar-refractivity contribution in [3.05, 3.63) is 11.9 Å². The third kappa shape index (κ3) is 1.50. The zero-order valence-corrected chi connectivity index (χ0v) is 5.95. The normalized spacial score (nSPS) is 26.2. The summed E-state index contributed by atoms with van der Waals surface area (Å²) in [7, 11) is 0. The van der Waals surface area contributed by atoms with Gasteiger partial charge in [0.1, 0.15) is 0 Å². The summed E-state index contributed by atoms with van der Waals surface area (Å²) in [5.74, 6) is 0. The molecular weight excluding hydrogens is 161 g/mol. The average molecular weight is 166 g/mol. The fourth-order valence-corrected chi connectivity index (χ4v) is 0.792. The lowest BCUT2D eigenvalue weighted by Gasteiger charge is -2.11. The standard InChI is InChI=1S/C4H5Cl2N3/c5-3-2(7)1-8-4(6)9-3/h1,4,8H,7H2. The van der Waals surface area contributed by atoms with E-state index < -0.39 is 5.62 Å². The van der Waals surface area contributed by atoms with Crippen LogP contribution in [0.1, 0.15) is 0 Å². The van der Waals surface area contributed by atoms with Gasteiger partial charge in [-0.25, -0.2) is 4.99 Å². The van der Waals surface area contributed by atoms with Crippen LogP contribution in [0, 0.1) is 0 Å². The van der Waals surface area contributed by atoms with Gasteiger partial charge in [0.05, 0.1) is 5.70 Å². The molecule has 0 radical (unpaired) electrons. The van der Waals surface area contributed by atoms with Crippen LogP contribution in [0.15, 0.2) is 16.9 Å². The van der Waals surface area contributed by atoms with Gasteiger partial charge in [0, 0.05) is 6.20 Å². The van der Waals surface area contributed by atoms with Crippen molar-refractivity contribution >= 4 is 28.4 Å². The van der Waals surface area contributed by atoms with Crippen LogP contribution < -0.4 is 11.1 Å². The predicted octanol–water partition coefficient (Wildman–Crippen LogP) is 0.549. The number of hydrogen-bond donors (Lipinski definition) is 2. The maximum atomic E-state index is 5.49. The number of hydrogen-bond acceptors (Lipinski definition) is 3. The van der Waals surface area contributed by atoms with Crippen molar-refractivity contribution in [3.8, 4) is 0 Å². The van der Waals surface area contributed by atoms with E-state index in [0.29, 0.717) is 5.70 Å². The van der Waals surface area contributed by atoms with E-state index in [-0.39, 0.29) is 5.17 Å². The molecule has 1 rings (SSSR count). The minimum Gasteiger partial charge on any atom is -0.395 e. The second-order valence-corrected chi connectivity index (χ2v) is 2.29. The Kier molecular flexibility index (Phi) is 1.83. The van der Waals surface area contributed by atoms with Gasteiger partial charge in [-0.3, -0.25) is 0 Å². The van der Waals surface area contributed by atoms with Crippen LogP contribution in [0.2, 0.25) is 0 Å². The molecule has 1 heterocycles. The van der Waals surface area contributed by atoms with Crippen molar-refractivity contribution in [2.75, 3.05) is 0 Å². The Labute approximate surface area is 62.5 Å². The summed E-state index contributed by atoms with van der Waals surface area (Å²) in [6.45, 7) is 0.